The van der Waals surface area contributed by atoms with Crippen LogP contribution in [0.25, 0.3) is 0 Å². The predicted molar refractivity (Wildman–Crippen MR) is 91.5 cm³/mol. The minimum absolute atomic E-state index is 0.152. The summed E-state index contributed by atoms with van der Waals surface area (Å²) in [6.45, 7) is 4.76. The summed E-state index contributed by atoms with van der Waals surface area (Å²) in [6, 6.07) is 7.87. The molecule has 4 nitrogen and oxygen atoms in total. The largest absolute Gasteiger partial charge is 0.378 e. The second-order valence-corrected chi connectivity index (χ2v) is 6.41. The Kier molecular flexibility index (Phi) is 6.06. The number of carbonyl (C=O) groups is 1. The highest BCUT2D eigenvalue weighted by molar-refractivity contribution is 9.09. The first-order valence-electron chi connectivity index (χ1n) is 7.47. The van der Waals surface area contributed by atoms with Crippen LogP contribution in [0.2, 0.25) is 0 Å². The highest BCUT2D eigenvalue weighted by Crippen LogP contribution is 2.16. The first kappa shape index (κ1) is 16.3. The van der Waals surface area contributed by atoms with Crippen molar-refractivity contribution in [2.45, 2.75) is 6.42 Å². The molecule has 1 saturated heterocycles. The Morgan fingerprint density at radius 2 is 2.05 bits per heavy atom. The van der Waals surface area contributed by atoms with Crippen molar-refractivity contribution in [1.29, 1.82) is 0 Å². The van der Waals surface area contributed by atoms with Gasteiger partial charge < -0.3 is 14.7 Å². The van der Waals surface area contributed by atoms with E-state index in [4.69, 9.17) is 0 Å². The van der Waals surface area contributed by atoms with Gasteiger partial charge in [-0.05, 0) is 31.2 Å². The third-order valence-electron chi connectivity index (χ3n) is 3.89. The third kappa shape index (κ3) is 4.45. The average Bonchev–Trinajstić information content (AvgIpc) is 2.73. The molecule has 21 heavy (non-hydrogen) atoms. The average molecular weight is 354 g/mol. The van der Waals surface area contributed by atoms with Crippen LogP contribution in [0.5, 0.6) is 0 Å². The summed E-state index contributed by atoms with van der Waals surface area (Å²) in [5, 5.41) is 0.992. The van der Waals surface area contributed by atoms with Crippen molar-refractivity contribution in [3.63, 3.8) is 0 Å². The van der Waals surface area contributed by atoms with E-state index in [1.807, 2.05) is 48.2 Å². The van der Waals surface area contributed by atoms with Crippen LogP contribution < -0.4 is 4.90 Å². The number of alkyl halides is 1. The van der Waals surface area contributed by atoms with Crippen LogP contribution >= 0.6 is 15.9 Å². The number of rotatable bonds is 4. The van der Waals surface area contributed by atoms with Gasteiger partial charge in [-0.2, -0.15) is 0 Å². The molecule has 1 fully saturated rings. The van der Waals surface area contributed by atoms with Crippen LogP contribution in [0.3, 0.4) is 0 Å². The van der Waals surface area contributed by atoms with Gasteiger partial charge in [0.05, 0.1) is 0 Å². The number of nitrogens with zero attached hydrogens (tertiary/aromatic N) is 3. The van der Waals surface area contributed by atoms with Crippen molar-refractivity contribution in [2.24, 2.45) is 0 Å². The van der Waals surface area contributed by atoms with Crippen molar-refractivity contribution < 1.29 is 4.79 Å². The zero-order valence-electron chi connectivity index (χ0n) is 12.9. The van der Waals surface area contributed by atoms with E-state index in [0.717, 1.165) is 55.7 Å². The van der Waals surface area contributed by atoms with Gasteiger partial charge in [-0.1, -0.05) is 22.0 Å². The van der Waals surface area contributed by atoms with E-state index in [1.54, 1.807) is 0 Å². The summed E-state index contributed by atoms with van der Waals surface area (Å²) >= 11 is 3.49. The summed E-state index contributed by atoms with van der Waals surface area (Å²) < 4.78 is 0. The van der Waals surface area contributed by atoms with Crippen LogP contribution in [0.1, 0.15) is 16.8 Å². The molecule has 1 aliphatic heterocycles. The van der Waals surface area contributed by atoms with Gasteiger partial charge in [0.15, 0.2) is 0 Å². The molecule has 0 aliphatic carbocycles. The summed E-state index contributed by atoms with van der Waals surface area (Å²) in [7, 11) is 3.99. The lowest BCUT2D eigenvalue weighted by Gasteiger charge is -2.22. The fraction of sp³-hybridized carbons (Fsp3) is 0.562. The molecule has 0 bridgehead atoms. The third-order valence-corrected chi connectivity index (χ3v) is 4.24. The van der Waals surface area contributed by atoms with E-state index in [2.05, 4.69) is 20.8 Å². The summed E-state index contributed by atoms with van der Waals surface area (Å²) in [6.07, 6.45) is 1.05. The molecule has 0 saturated carbocycles. The number of carbonyl (C=O) groups excluding carboxylic acids is 1. The highest BCUT2D eigenvalue weighted by atomic mass is 79.9. The highest BCUT2D eigenvalue weighted by Gasteiger charge is 2.20. The molecule has 1 heterocycles. The predicted octanol–water partition coefficient (Wildman–Crippen LogP) is 2.30. The van der Waals surface area contributed by atoms with Gasteiger partial charge in [-0.15, -0.1) is 0 Å². The van der Waals surface area contributed by atoms with Crippen molar-refractivity contribution in [3.8, 4) is 0 Å². The Bertz CT molecular complexity index is 478. The van der Waals surface area contributed by atoms with E-state index in [-0.39, 0.29) is 5.91 Å². The lowest BCUT2D eigenvalue weighted by molar-refractivity contribution is 0.0762. The fourth-order valence-electron chi connectivity index (χ4n) is 2.62. The molecule has 2 rings (SSSR count). The molecular weight excluding hydrogens is 330 g/mol. The second kappa shape index (κ2) is 7.80. The maximum Gasteiger partial charge on any atom is 0.253 e. The van der Waals surface area contributed by atoms with E-state index < -0.39 is 0 Å². The summed E-state index contributed by atoms with van der Waals surface area (Å²) in [5.74, 6) is 0.152. The quantitative estimate of drug-likeness (QED) is 0.777. The molecule has 116 valence electrons. The smallest absolute Gasteiger partial charge is 0.253 e. The van der Waals surface area contributed by atoms with E-state index in [0.29, 0.717) is 0 Å². The fourth-order valence-corrected chi connectivity index (χ4v) is 3.12. The second-order valence-electron chi connectivity index (χ2n) is 5.62. The molecular formula is C16H24BrN3O. The standard InChI is InChI=1S/C16H24BrN3O/c1-18(2)15-6-3-5-14(13-15)16(21)20-9-4-8-19(10-7-17)11-12-20/h3,5-6,13H,4,7-12H2,1-2H3. The van der Waals surface area contributed by atoms with Crippen LogP contribution in [0.15, 0.2) is 24.3 Å². The molecule has 5 heteroatoms. The molecule has 0 N–H and O–H groups in total. The Labute approximate surface area is 135 Å². The molecule has 0 unspecified atom stereocenters. The number of amides is 1. The van der Waals surface area contributed by atoms with Crippen LogP contribution in [0.4, 0.5) is 5.69 Å². The van der Waals surface area contributed by atoms with Crippen LogP contribution in [-0.4, -0.2) is 67.9 Å². The normalized spacial score (nSPS) is 16.6. The molecule has 0 radical (unpaired) electrons. The minimum Gasteiger partial charge on any atom is -0.378 e. The molecule has 1 aromatic rings. The number of benzene rings is 1. The van der Waals surface area contributed by atoms with Gasteiger partial charge in [0.2, 0.25) is 0 Å². The Balaban J connectivity index is 2.04. The summed E-state index contributed by atoms with van der Waals surface area (Å²) in [4.78, 5) is 19.1. The molecule has 1 amide bonds. The number of hydrogen-bond acceptors (Lipinski definition) is 3. The zero-order valence-corrected chi connectivity index (χ0v) is 14.5. The number of halogens is 1. The van der Waals surface area contributed by atoms with Gasteiger partial charge in [0.1, 0.15) is 0 Å². The Morgan fingerprint density at radius 1 is 1.24 bits per heavy atom. The van der Waals surface area contributed by atoms with Crippen molar-refractivity contribution in [3.05, 3.63) is 29.8 Å². The lowest BCUT2D eigenvalue weighted by atomic mass is 10.1. The van der Waals surface area contributed by atoms with Gasteiger partial charge in [-0.25, -0.2) is 0 Å². The van der Waals surface area contributed by atoms with Gasteiger partial charge in [-0.3, -0.25) is 4.79 Å². The van der Waals surface area contributed by atoms with E-state index in [1.165, 1.54) is 0 Å². The minimum atomic E-state index is 0.152. The Morgan fingerprint density at radius 3 is 2.76 bits per heavy atom. The summed E-state index contributed by atoms with van der Waals surface area (Å²) in [5.41, 5.74) is 1.85. The van der Waals surface area contributed by atoms with Crippen molar-refractivity contribution in [2.75, 3.05) is 57.0 Å². The number of anilines is 1. The molecule has 0 atom stereocenters. The molecule has 1 aliphatic rings. The maximum absolute atomic E-state index is 12.7. The topological polar surface area (TPSA) is 26.8 Å². The van der Waals surface area contributed by atoms with Crippen molar-refractivity contribution in [1.82, 2.24) is 9.80 Å². The van der Waals surface area contributed by atoms with Crippen LogP contribution in [-0.2, 0) is 0 Å². The van der Waals surface area contributed by atoms with Gasteiger partial charge >= 0.3 is 0 Å². The first-order chi connectivity index (χ1) is 10.1. The van der Waals surface area contributed by atoms with Gasteiger partial charge in [0.25, 0.3) is 5.91 Å². The van der Waals surface area contributed by atoms with Crippen LogP contribution in [0, 0.1) is 0 Å². The molecule has 1 aromatic carbocycles. The monoisotopic (exact) mass is 353 g/mol. The number of hydrogen-bond donors (Lipinski definition) is 0. The molecule has 0 aromatic heterocycles. The zero-order chi connectivity index (χ0) is 15.2. The SMILES string of the molecule is CN(C)c1cccc(C(=O)N2CCCN(CCBr)CC2)c1. The van der Waals surface area contributed by atoms with Crippen molar-refractivity contribution >= 4 is 27.5 Å². The van der Waals surface area contributed by atoms with Gasteiger partial charge in [0, 0.05) is 56.9 Å². The lowest BCUT2D eigenvalue weighted by Crippen LogP contribution is -2.35. The van der Waals surface area contributed by atoms with E-state index >= 15 is 0 Å². The molecule has 0 spiro atoms. The first-order valence-corrected chi connectivity index (χ1v) is 8.59. The van der Waals surface area contributed by atoms with E-state index in [9.17, 15) is 4.79 Å². The maximum atomic E-state index is 12.7. The Hall–Kier alpha value is -1.07.